The first-order chi connectivity index (χ1) is 5.87. The molecule has 2 nitrogen and oxygen atoms in total. The average Bonchev–Trinajstić information content (AvgIpc) is 1.95. The van der Waals surface area contributed by atoms with E-state index < -0.39 is 0 Å². The van der Waals surface area contributed by atoms with Crippen LogP contribution in [0.3, 0.4) is 0 Å². The molecular weight excluding hydrogens is 162 g/mol. The summed E-state index contributed by atoms with van der Waals surface area (Å²) in [6, 6.07) is 0. The van der Waals surface area contributed by atoms with Crippen molar-refractivity contribution >= 4 is 6.72 Å². The molecule has 0 amide bonds. The molecule has 0 aliphatic rings. The number of nitrogens with zero attached hydrogens (tertiary/aromatic N) is 1. The minimum atomic E-state index is 0.159. The van der Waals surface area contributed by atoms with Crippen LogP contribution in [-0.4, -0.2) is 16.7 Å². The summed E-state index contributed by atoms with van der Waals surface area (Å²) in [6.45, 7) is 11.8. The van der Waals surface area contributed by atoms with Crippen LogP contribution in [0.4, 0.5) is 0 Å². The second-order valence-corrected chi connectivity index (χ2v) is 4.32. The molecule has 2 heteroatoms. The first-order valence-electron chi connectivity index (χ1n) is 4.48. The van der Waals surface area contributed by atoms with Gasteiger partial charge in [0.1, 0.15) is 0 Å². The summed E-state index contributed by atoms with van der Waals surface area (Å²) >= 11 is 0. The Labute approximate surface area is 80.9 Å². The molecule has 0 rings (SSSR count). The lowest BCUT2D eigenvalue weighted by Crippen LogP contribution is -2.13. The lowest BCUT2D eigenvalue weighted by molar-refractivity contribution is -0.734. The fourth-order valence-electron chi connectivity index (χ4n) is 0.987. The first kappa shape index (κ1) is 11.9. The van der Waals surface area contributed by atoms with Gasteiger partial charge < -0.3 is 0 Å². The molecule has 0 aliphatic carbocycles. The normalized spacial score (nSPS) is 13.7. The summed E-state index contributed by atoms with van der Waals surface area (Å²) < 4.78 is 0.936. The van der Waals surface area contributed by atoms with Crippen LogP contribution in [0.5, 0.6) is 0 Å². The maximum atomic E-state index is 9.22. The van der Waals surface area contributed by atoms with Crippen LogP contribution < -0.4 is 0 Å². The molecular formula is C11H20NO+. The standard InChI is InChI=1S/C11H20NO/c1-6-7-8-10(12(5)13)9-11(2,3)4/h6-8,13H,5,9H2,1-4H3/q+1/b7-6-,10-8-. The van der Waals surface area contributed by atoms with Crippen molar-refractivity contribution in [1.82, 2.24) is 0 Å². The highest BCUT2D eigenvalue weighted by atomic mass is 16.5. The van der Waals surface area contributed by atoms with Gasteiger partial charge in [0.05, 0.1) is 0 Å². The third-order valence-corrected chi connectivity index (χ3v) is 1.52. The Balaban J connectivity index is 4.55. The second-order valence-electron chi connectivity index (χ2n) is 4.32. The van der Waals surface area contributed by atoms with Gasteiger partial charge in [0.25, 0.3) is 0 Å². The zero-order chi connectivity index (χ0) is 10.5. The van der Waals surface area contributed by atoms with E-state index >= 15 is 0 Å². The van der Waals surface area contributed by atoms with Crippen LogP contribution in [-0.2, 0) is 0 Å². The highest BCUT2D eigenvalue weighted by Gasteiger charge is 2.19. The topological polar surface area (TPSA) is 23.2 Å². The zero-order valence-corrected chi connectivity index (χ0v) is 9.04. The van der Waals surface area contributed by atoms with E-state index in [1.165, 1.54) is 0 Å². The van der Waals surface area contributed by atoms with Gasteiger partial charge in [-0.3, -0.25) is 5.21 Å². The molecule has 0 heterocycles. The van der Waals surface area contributed by atoms with Gasteiger partial charge >= 0.3 is 0 Å². The number of hydroxylamine groups is 1. The third-order valence-electron chi connectivity index (χ3n) is 1.52. The number of rotatable bonds is 3. The van der Waals surface area contributed by atoms with E-state index in [9.17, 15) is 5.21 Å². The molecule has 0 atom stereocenters. The molecule has 0 aromatic rings. The predicted molar refractivity (Wildman–Crippen MR) is 56.1 cm³/mol. The molecule has 13 heavy (non-hydrogen) atoms. The van der Waals surface area contributed by atoms with Crippen LogP contribution >= 0.6 is 0 Å². The van der Waals surface area contributed by atoms with E-state index in [0.717, 1.165) is 16.9 Å². The zero-order valence-electron chi connectivity index (χ0n) is 9.04. The molecule has 0 aliphatic heterocycles. The van der Waals surface area contributed by atoms with Crippen molar-refractivity contribution in [3.8, 4) is 0 Å². The average molecular weight is 182 g/mol. The molecule has 0 saturated carbocycles. The second kappa shape index (κ2) is 4.85. The van der Waals surface area contributed by atoms with E-state index in [1.54, 1.807) is 0 Å². The Hall–Kier alpha value is -1.05. The number of hydrogen-bond donors (Lipinski definition) is 1. The molecule has 0 bridgehead atoms. The molecule has 1 N–H and O–H groups in total. The lowest BCUT2D eigenvalue weighted by atomic mass is 9.90. The molecule has 0 fully saturated rings. The summed E-state index contributed by atoms with van der Waals surface area (Å²) in [7, 11) is 0. The maximum absolute atomic E-state index is 9.22. The van der Waals surface area contributed by atoms with Crippen molar-refractivity contribution in [2.24, 2.45) is 5.41 Å². The third kappa shape index (κ3) is 6.14. The van der Waals surface area contributed by atoms with E-state index in [1.807, 2.05) is 25.2 Å². The van der Waals surface area contributed by atoms with Gasteiger partial charge in [0.15, 0.2) is 6.72 Å². The van der Waals surface area contributed by atoms with Gasteiger partial charge in [-0.2, -0.15) is 0 Å². The summed E-state index contributed by atoms with van der Waals surface area (Å²) in [4.78, 5) is 0. The van der Waals surface area contributed by atoms with Crippen molar-refractivity contribution < 1.29 is 9.95 Å². The SMILES string of the molecule is C=[N+](O)/C(=C\C=C/C)CC(C)(C)C. The van der Waals surface area contributed by atoms with Crippen LogP contribution in [0.15, 0.2) is 23.9 Å². The van der Waals surface area contributed by atoms with Crippen molar-refractivity contribution in [3.63, 3.8) is 0 Å². The molecule has 0 aromatic heterocycles. The minimum Gasteiger partial charge on any atom is -0.286 e. The Kier molecular flexibility index (Phi) is 4.46. The van der Waals surface area contributed by atoms with Gasteiger partial charge in [0, 0.05) is 12.5 Å². The van der Waals surface area contributed by atoms with Crippen molar-refractivity contribution in [3.05, 3.63) is 23.9 Å². The van der Waals surface area contributed by atoms with Crippen LogP contribution in [0.25, 0.3) is 0 Å². The largest absolute Gasteiger partial charge is 0.286 e. The summed E-state index contributed by atoms with van der Waals surface area (Å²) in [6.07, 6.45) is 6.50. The van der Waals surface area contributed by atoms with Gasteiger partial charge in [-0.15, -0.1) is 0 Å². The Bertz CT molecular complexity index is 231. The smallest absolute Gasteiger partial charge is 0.233 e. The van der Waals surface area contributed by atoms with Crippen molar-refractivity contribution in [1.29, 1.82) is 0 Å². The monoisotopic (exact) mass is 182 g/mol. The summed E-state index contributed by atoms with van der Waals surface area (Å²) in [5.41, 5.74) is 0.983. The number of allylic oxidation sites excluding steroid dienone is 4. The molecule has 0 radical (unpaired) electrons. The summed E-state index contributed by atoms with van der Waals surface area (Å²) in [5.74, 6) is 0. The maximum Gasteiger partial charge on any atom is 0.233 e. The minimum absolute atomic E-state index is 0.159. The van der Waals surface area contributed by atoms with Crippen LogP contribution in [0.1, 0.15) is 34.1 Å². The Morgan fingerprint density at radius 2 is 2.00 bits per heavy atom. The van der Waals surface area contributed by atoms with Crippen molar-refractivity contribution in [2.75, 3.05) is 0 Å². The predicted octanol–water partition coefficient (Wildman–Crippen LogP) is 2.98. The van der Waals surface area contributed by atoms with E-state index in [4.69, 9.17) is 0 Å². The molecule has 74 valence electrons. The van der Waals surface area contributed by atoms with Crippen LogP contribution in [0, 0.1) is 5.41 Å². The Morgan fingerprint density at radius 3 is 2.31 bits per heavy atom. The number of hydrogen-bond acceptors (Lipinski definition) is 1. The van der Waals surface area contributed by atoms with Crippen LogP contribution in [0.2, 0.25) is 0 Å². The van der Waals surface area contributed by atoms with Gasteiger partial charge in [-0.05, 0) is 17.1 Å². The fraction of sp³-hybridized carbons (Fsp3) is 0.545. The van der Waals surface area contributed by atoms with E-state index in [0.29, 0.717) is 0 Å². The van der Waals surface area contributed by atoms with Gasteiger partial charge in [0.2, 0.25) is 5.70 Å². The molecule has 0 saturated heterocycles. The van der Waals surface area contributed by atoms with E-state index in [-0.39, 0.29) is 5.41 Å². The highest BCUT2D eigenvalue weighted by Crippen LogP contribution is 2.23. The highest BCUT2D eigenvalue weighted by molar-refractivity contribution is 5.18. The lowest BCUT2D eigenvalue weighted by Gasteiger charge is -2.15. The molecule has 0 unspecified atom stereocenters. The van der Waals surface area contributed by atoms with E-state index in [2.05, 4.69) is 27.5 Å². The van der Waals surface area contributed by atoms with Gasteiger partial charge in [-0.25, -0.2) is 0 Å². The first-order valence-corrected chi connectivity index (χ1v) is 4.48. The summed E-state index contributed by atoms with van der Waals surface area (Å²) in [5, 5.41) is 9.22. The van der Waals surface area contributed by atoms with Crippen molar-refractivity contribution in [2.45, 2.75) is 34.1 Å². The molecule has 0 aromatic carbocycles. The molecule has 0 spiro atoms. The fourth-order valence-corrected chi connectivity index (χ4v) is 0.987. The van der Waals surface area contributed by atoms with Gasteiger partial charge in [-0.1, -0.05) is 32.9 Å². The Morgan fingerprint density at radius 1 is 1.46 bits per heavy atom. The quantitative estimate of drug-likeness (QED) is 0.234.